The van der Waals surface area contributed by atoms with E-state index in [4.69, 9.17) is 0 Å². The van der Waals surface area contributed by atoms with Crippen LogP contribution in [0.1, 0.15) is 11.3 Å². The molecule has 1 N–H and O–H groups in total. The summed E-state index contributed by atoms with van der Waals surface area (Å²) in [5, 5.41) is 3.04. The summed E-state index contributed by atoms with van der Waals surface area (Å²) in [5.41, 5.74) is 1.26. The van der Waals surface area contributed by atoms with Crippen molar-refractivity contribution in [2.45, 2.75) is 20.0 Å². The van der Waals surface area contributed by atoms with Crippen LogP contribution < -0.4 is 5.32 Å². The molecular weight excluding hydrogens is 248 g/mol. The number of anilines is 1. The zero-order valence-corrected chi connectivity index (χ0v) is 10.7. The van der Waals surface area contributed by atoms with Crippen LogP contribution in [-0.2, 0) is 13.1 Å². The van der Waals surface area contributed by atoms with Crippen LogP contribution in [0.2, 0.25) is 0 Å². The predicted octanol–water partition coefficient (Wildman–Crippen LogP) is 3.27. The molecule has 0 radical (unpaired) electrons. The highest BCUT2D eigenvalue weighted by Crippen LogP contribution is 2.13. The summed E-state index contributed by atoms with van der Waals surface area (Å²) in [7, 11) is 0. The number of aryl methyl sites for hydroxylation is 1. The molecule has 5 heteroatoms. The second-order valence-electron chi connectivity index (χ2n) is 4.24. The zero-order valence-electron chi connectivity index (χ0n) is 10.7. The van der Waals surface area contributed by atoms with Crippen molar-refractivity contribution in [3.63, 3.8) is 0 Å². The van der Waals surface area contributed by atoms with Gasteiger partial charge in [0.2, 0.25) is 5.95 Å². The lowest BCUT2D eigenvalue weighted by atomic mass is 10.2. The van der Waals surface area contributed by atoms with E-state index in [2.05, 4.69) is 16.9 Å². The largest absolute Gasteiger partial charge is 0.351 e. The molecule has 0 unspecified atom stereocenters. The van der Waals surface area contributed by atoms with Gasteiger partial charge in [-0.2, -0.15) is 0 Å². The highest BCUT2D eigenvalue weighted by molar-refractivity contribution is 5.32. The standard InChI is InChI=1S/C14H15F2N3/c1-3-6-19-9-10(2)18-14(19)17-8-11-4-5-12(15)7-13(11)16/h3-5,7,9H,1,6,8H2,2H3,(H,17,18). The van der Waals surface area contributed by atoms with Crippen LogP contribution in [0.15, 0.2) is 37.1 Å². The van der Waals surface area contributed by atoms with Gasteiger partial charge >= 0.3 is 0 Å². The molecule has 0 saturated heterocycles. The summed E-state index contributed by atoms with van der Waals surface area (Å²) < 4.78 is 28.2. The molecule has 0 bridgehead atoms. The Morgan fingerprint density at radius 1 is 1.42 bits per heavy atom. The first-order valence-electron chi connectivity index (χ1n) is 5.92. The summed E-state index contributed by atoms with van der Waals surface area (Å²) in [5.74, 6) is -0.502. The molecule has 0 spiro atoms. The lowest BCUT2D eigenvalue weighted by molar-refractivity contribution is 0.573. The molecule has 0 atom stereocenters. The minimum Gasteiger partial charge on any atom is -0.351 e. The Morgan fingerprint density at radius 3 is 2.89 bits per heavy atom. The SMILES string of the molecule is C=CCn1cc(C)nc1NCc1ccc(F)cc1F. The fraction of sp³-hybridized carbons (Fsp3) is 0.214. The van der Waals surface area contributed by atoms with Gasteiger partial charge in [0.1, 0.15) is 11.6 Å². The van der Waals surface area contributed by atoms with Crippen molar-refractivity contribution in [2.75, 3.05) is 5.32 Å². The third-order valence-corrected chi connectivity index (χ3v) is 2.67. The maximum Gasteiger partial charge on any atom is 0.203 e. The number of rotatable bonds is 5. The number of nitrogens with zero attached hydrogens (tertiary/aromatic N) is 2. The van der Waals surface area contributed by atoms with E-state index in [-0.39, 0.29) is 6.54 Å². The number of benzene rings is 1. The first kappa shape index (κ1) is 13.3. The van der Waals surface area contributed by atoms with E-state index in [0.29, 0.717) is 18.1 Å². The second kappa shape index (κ2) is 5.65. The van der Waals surface area contributed by atoms with E-state index < -0.39 is 11.6 Å². The number of hydrogen-bond acceptors (Lipinski definition) is 2. The Hall–Kier alpha value is -2.17. The first-order chi connectivity index (χ1) is 9.10. The molecule has 0 fully saturated rings. The Labute approximate surface area is 110 Å². The summed E-state index contributed by atoms with van der Waals surface area (Å²) in [4.78, 5) is 4.30. The van der Waals surface area contributed by atoms with Crippen LogP contribution in [0, 0.1) is 18.6 Å². The van der Waals surface area contributed by atoms with Gasteiger partial charge in [-0.05, 0) is 13.0 Å². The molecule has 100 valence electrons. The molecule has 0 aliphatic carbocycles. The van der Waals surface area contributed by atoms with E-state index in [9.17, 15) is 8.78 Å². The lowest BCUT2D eigenvalue weighted by Gasteiger charge is -2.08. The minimum atomic E-state index is -0.578. The molecule has 1 aromatic heterocycles. The number of nitrogens with one attached hydrogen (secondary N) is 1. The van der Waals surface area contributed by atoms with E-state index in [0.717, 1.165) is 11.8 Å². The van der Waals surface area contributed by atoms with Crippen molar-refractivity contribution in [2.24, 2.45) is 0 Å². The molecule has 2 rings (SSSR count). The van der Waals surface area contributed by atoms with Crippen molar-refractivity contribution in [1.82, 2.24) is 9.55 Å². The van der Waals surface area contributed by atoms with Gasteiger partial charge in [-0.15, -0.1) is 6.58 Å². The normalized spacial score (nSPS) is 10.5. The maximum absolute atomic E-state index is 13.5. The van der Waals surface area contributed by atoms with Crippen LogP contribution in [0.3, 0.4) is 0 Å². The number of imidazole rings is 1. The van der Waals surface area contributed by atoms with E-state index >= 15 is 0 Å². The molecule has 0 aliphatic rings. The van der Waals surface area contributed by atoms with Crippen molar-refractivity contribution in [1.29, 1.82) is 0 Å². The fourth-order valence-electron chi connectivity index (χ4n) is 1.81. The van der Waals surface area contributed by atoms with Crippen LogP contribution in [-0.4, -0.2) is 9.55 Å². The fourth-order valence-corrected chi connectivity index (χ4v) is 1.81. The van der Waals surface area contributed by atoms with Crippen LogP contribution in [0.25, 0.3) is 0 Å². The van der Waals surface area contributed by atoms with Gasteiger partial charge in [0.05, 0.1) is 5.69 Å². The summed E-state index contributed by atoms with van der Waals surface area (Å²) in [6, 6.07) is 3.53. The van der Waals surface area contributed by atoms with Gasteiger partial charge in [0.25, 0.3) is 0 Å². The van der Waals surface area contributed by atoms with Gasteiger partial charge in [0, 0.05) is 30.9 Å². The van der Waals surface area contributed by atoms with Crippen LogP contribution >= 0.6 is 0 Å². The highest BCUT2D eigenvalue weighted by Gasteiger charge is 2.07. The Balaban J connectivity index is 2.11. The van der Waals surface area contributed by atoms with E-state index in [1.165, 1.54) is 12.1 Å². The molecule has 1 aromatic carbocycles. The minimum absolute atomic E-state index is 0.250. The zero-order chi connectivity index (χ0) is 13.8. The molecule has 19 heavy (non-hydrogen) atoms. The molecule has 0 aliphatic heterocycles. The number of allylic oxidation sites excluding steroid dienone is 1. The number of halogens is 2. The topological polar surface area (TPSA) is 29.9 Å². The first-order valence-corrected chi connectivity index (χ1v) is 5.92. The van der Waals surface area contributed by atoms with Crippen molar-refractivity contribution >= 4 is 5.95 Å². The second-order valence-corrected chi connectivity index (χ2v) is 4.24. The quantitative estimate of drug-likeness (QED) is 0.839. The third-order valence-electron chi connectivity index (χ3n) is 2.67. The summed E-state index contributed by atoms with van der Waals surface area (Å²) >= 11 is 0. The van der Waals surface area contributed by atoms with E-state index in [1.807, 2.05) is 17.7 Å². The van der Waals surface area contributed by atoms with E-state index in [1.54, 1.807) is 6.08 Å². The molecular formula is C14H15F2N3. The molecule has 0 amide bonds. The van der Waals surface area contributed by atoms with Gasteiger partial charge in [-0.3, -0.25) is 0 Å². The average Bonchev–Trinajstić information content (AvgIpc) is 2.69. The smallest absolute Gasteiger partial charge is 0.203 e. The third kappa shape index (κ3) is 3.19. The maximum atomic E-state index is 13.5. The van der Waals surface area contributed by atoms with Crippen molar-refractivity contribution < 1.29 is 8.78 Å². The predicted molar refractivity (Wildman–Crippen MR) is 70.8 cm³/mol. The lowest BCUT2D eigenvalue weighted by Crippen LogP contribution is -2.08. The monoisotopic (exact) mass is 263 g/mol. The van der Waals surface area contributed by atoms with Crippen LogP contribution in [0.4, 0.5) is 14.7 Å². The Morgan fingerprint density at radius 2 is 2.21 bits per heavy atom. The summed E-state index contributed by atoms with van der Waals surface area (Å²) in [6.07, 6.45) is 3.63. The van der Waals surface area contributed by atoms with Crippen LogP contribution in [0.5, 0.6) is 0 Å². The number of aromatic nitrogens is 2. The van der Waals surface area contributed by atoms with Crippen molar-refractivity contribution in [3.05, 3.63) is 59.9 Å². The molecule has 3 nitrogen and oxygen atoms in total. The Bertz CT molecular complexity index is 590. The molecule has 2 aromatic rings. The molecule has 1 heterocycles. The van der Waals surface area contributed by atoms with Gasteiger partial charge in [0.15, 0.2) is 0 Å². The molecule has 0 saturated carbocycles. The highest BCUT2D eigenvalue weighted by atomic mass is 19.1. The summed E-state index contributed by atoms with van der Waals surface area (Å²) in [6.45, 7) is 6.42. The van der Waals surface area contributed by atoms with Gasteiger partial charge in [-0.25, -0.2) is 13.8 Å². The number of hydrogen-bond donors (Lipinski definition) is 1. The Kier molecular flexibility index (Phi) is 3.94. The average molecular weight is 263 g/mol. The van der Waals surface area contributed by atoms with Gasteiger partial charge < -0.3 is 9.88 Å². The van der Waals surface area contributed by atoms with Crippen molar-refractivity contribution in [3.8, 4) is 0 Å². The van der Waals surface area contributed by atoms with Gasteiger partial charge in [-0.1, -0.05) is 12.1 Å².